The van der Waals surface area contributed by atoms with Crippen molar-refractivity contribution in [2.75, 3.05) is 17.2 Å². The highest BCUT2D eigenvalue weighted by molar-refractivity contribution is 9.10. The molecule has 0 aliphatic carbocycles. The lowest BCUT2D eigenvalue weighted by molar-refractivity contribution is 1.07. The zero-order valence-corrected chi connectivity index (χ0v) is 13.5. The molecule has 0 fully saturated rings. The molecule has 0 spiro atoms. The van der Waals surface area contributed by atoms with E-state index >= 15 is 0 Å². The molecule has 1 aromatic carbocycles. The van der Waals surface area contributed by atoms with E-state index in [9.17, 15) is 0 Å². The lowest BCUT2D eigenvalue weighted by Crippen LogP contribution is -2.05. The third-order valence-corrected chi connectivity index (χ3v) is 3.63. The first-order valence-corrected chi connectivity index (χ1v) is 7.51. The zero-order chi connectivity index (χ0) is 14.8. The standard InChI is InChI=1S/C13H12BrClN6/c1-2-16-13-19-11(8-6-17-21-12(8)20-13)18-10-4-3-7(14)5-9(10)15/h3-6H,2H2,1H3,(H3,16,17,18,19,20,21). The van der Waals surface area contributed by atoms with E-state index in [-0.39, 0.29) is 0 Å². The SMILES string of the molecule is CCNc1nc(Nc2ccc(Br)cc2Cl)c2cn[nH]c2n1. The summed E-state index contributed by atoms with van der Waals surface area (Å²) in [4.78, 5) is 8.80. The van der Waals surface area contributed by atoms with Crippen molar-refractivity contribution in [3.8, 4) is 0 Å². The maximum atomic E-state index is 6.23. The van der Waals surface area contributed by atoms with E-state index in [0.29, 0.717) is 22.4 Å². The van der Waals surface area contributed by atoms with Gasteiger partial charge in [0.2, 0.25) is 5.95 Å². The van der Waals surface area contributed by atoms with Crippen LogP contribution in [0.15, 0.2) is 28.9 Å². The lowest BCUT2D eigenvalue weighted by Gasteiger charge is -2.10. The molecule has 0 unspecified atom stereocenters. The van der Waals surface area contributed by atoms with Gasteiger partial charge in [0, 0.05) is 11.0 Å². The highest BCUT2D eigenvalue weighted by Gasteiger charge is 2.11. The maximum absolute atomic E-state index is 6.23. The van der Waals surface area contributed by atoms with Crippen LogP contribution in [-0.4, -0.2) is 26.7 Å². The Bertz CT molecular complexity index is 787. The molecule has 0 atom stereocenters. The van der Waals surface area contributed by atoms with E-state index in [2.05, 4.69) is 46.7 Å². The van der Waals surface area contributed by atoms with E-state index in [4.69, 9.17) is 11.6 Å². The molecule has 3 rings (SSSR count). The Kier molecular flexibility index (Phi) is 3.94. The second kappa shape index (κ2) is 5.87. The minimum Gasteiger partial charge on any atom is -0.354 e. The highest BCUT2D eigenvalue weighted by Crippen LogP contribution is 2.30. The van der Waals surface area contributed by atoms with Gasteiger partial charge in [-0.25, -0.2) is 0 Å². The number of nitrogens with one attached hydrogen (secondary N) is 3. The predicted octanol–water partition coefficient (Wildman–Crippen LogP) is 3.94. The number of fused-ring (bicyclic) bond motifs is 1. The van der Waals surface area contributed by atoms with Gasteiger partial charge < -0.3 is 10.6 Å². The number of aromatic amines is 1. The first kappa shape index (κ1) is 14.1. The smallest absolute Gasteiger partial charge is 0.226 e. The molecule has 0 amide bonds. The minimum atomic E-state index is 0.532. The summed E-state index contributed by atoms with van der Waals surface area (Å²) in [6.07, 6.45) is 1.68. The zero-order valence-electron chi connectivity index (χ0n) is 11.1. The third kappa shape index (κ3) is 2.93. The van der Waals surface area contributed by atoms with Crippen molar-refractivity contribution in [3.05, 3.63) is 33.9 Å². The van der Waals surface area contributed by atoms with Crippen molar-refractivity contribution in [2.45, 2.75) is 6.92 Å². The molecule has 0 aliphatic heterocycles. The molecule has 8 heteroatoms. The van der Waals surface area contributed by atoms with Crippen molar-refractivity contribution in [2.24, 2.45) is 0 Å². The summed E-state index contributed by atoms with van der Waals surface area (Å²) >= 11 is 9.62. The number of hydrogen-bond donors (Lipinski definition) is 3. The molecule has 6 nitrogen and oxygen atoms in total. The first-order chi connectivity index (χ1) is 10.2. The molecule has 2 aromatic heterocycles. The molecule has 2 heterocycles. The molecule has 108 valence electrons. The molecule has 0 saturated heterocycles. The number of halogens is 2. The molecule has 21 heavy (non-hydrogen) atoms. The van der Waals surface area contributed by atoms with E-state index in [1.54, 1.807) is 6.20 Å². The second-order valence-electron chi connectivity index (χ2n) is 4.31. The Hall–Kier alpha value is -1.86. The van der Waals surface area contributed by atoms with Crippen molar-refractivity contribution >= 4 is 56.0 Å². The summed E-state index contributed by atoms with van der Waals surface area (Å²) in [6, 6.07) is 5.61. The summed E-state index contributed by atoms with van der Waals surface area (Å²) in [5.74, 6) is 1.18. The van der Waals surface area contributed by atoms with Crippen LogP contribution >= 0.6 is 27.5 Å². The van der Waals surface area contributed by atoms with Gasteiger partial charge in [-0.15, -0.1) is 0 Å². The molecule has 3 N–H and O–H groups in total. The molecule has 0 aliphatic rings. The van der Waals surface area contributed by atoms with Gasteiger partial charge >= 0.3 is 0 Å². The van der Waals surface area contributed by atoms with E-state index in [0.717, 1.165) is 22.1 Å². The number of aromatic nitrogens is 4. The van der Waals surface area contributed by atoms with Crippen LogP contribution in [0.1, 0.15) is 6.92 Å². The van der Waals surface area contributed by atoms with Crippen LogP contribution < -0.4 is 10.6 Å². The monoisotopic (exact) mass is 366 g/mol. The second-order valence-corrected chi connectivity index (χ2v) is 5.63. The van der Waals surface area contributed by atoms with Crippen molar-refractivity contribution in [3.63, 3.8) is 0 Å². The number of anilines is 3. The highest BCUT2D eigenvalue weighted by atomic mass is 79.9. The fourth-order valence-corrected chi connectivity index (χ4v) is 2.61. The third-order valence-electron chi connectivity index (χ3n) is 2.83. The fraction of sp³-hybridized carbons (Fsp3) is 0.154. The van der Waals surface area contributed by atoms with Crippen LogP contribution in [-0.2, 0) is 0 Å². The summed E-state index contributed by atoms with van der Waals surface area (Å²) in [5, 5.41) is 14.6. The lowest BCUT2D eigenvalue weighted by atomic mass is 10.3. The Morgan fingerprint density at radius 1 is 1.33 bits per heavy atom. The summed E-state index contributed by atoms with van der Waals surface area (Å²) < 4.78 is 0.919. The molecular formula is C13H12BrClN6. The number of hydrogen-bond acceptors (Lipinski definition) is 5. The van der Waals surface area contributed by atoms with Crippen LogP contribution in [0.25, 0.3) is 11.0 Å². The van der Waals surface area contributed by atoms with Gasteiger partial charge in [-0.2, -0.15) is 15.1 Å². The van der Waals surface area contributed by atoms with Crippen molar-refractivity contribution < 1.29 is 0 Å². The average Bonchev–Trinajstić information content (AvgIpc) is 2.91. The van der Waals surface area contributed by atoms with Gasteiger partial charge in [0.05, 0.1) is 22.3 Å². The van der Waals surface area contributed by atoms with Crippen LogP contribution in [0.2, 0.25) is 5.02 Å². The van der Waals surface area contributed by atoms with Crippen molar-refractivity contribution in [1.29, 1.82) is 0 Å². The number of benzene rings is 1. The fourth-order valence-electron chi connectivity index (χ4n) is 1.89. The number of rotatable bonds is 4. The van der Waals surface area contributed by atoms with Gasteiger partial charge in [-0.1, -0.05) is 27.5 Å². The van der Waals surface area contributed by atoms with Crippen LogP contribution in [0, 0.1) is 0 Å². The van der Waals surface area contributed by atoms with E-state index in [1.807, 2.05) is 25.1 Å². The molecule has 0 bridgehead atoms. The van der Waals surface area contributed by atoms with Crippen molar-refractivity contribution in [1.82, 2.24) is 20.2 Å². The average molecular weight is 368 g/mol. The summed E-state index contributed by atoms with van der Waals surface area (Å²) in [5.41, 5.74) is 1.43. The largest absolute Gasteiger partial charge is 0.354 e. The Labute approximate surface area is 134 Å². The maximum Gasteiger partial charge on any atom is 0.226 e. The Balaban J connectivity index is 2.04. The quantitative estimate of drug-likeness (QED) is 0.651. The van der Waals surface area contributed by atoms with Gasteiger partial charge in [0.25, 0.3) is 0 Å². The van der Waals surface area contributed by atoms with Gasteiger partial charge in [-0.05, 0) is 25.1 Å². The van der Waals surface area contributed by atoms with E-state index in [1.165, 1.54) is 0 Å². The summed E-state index contributed by atoms with van der Waals surface area (Å²) in [6.45, 7) is 2.72. The van der Waals surface area contributed by atoms with E-state index < -0.39 is 0 Å². The van der Waals surface area contributed by atoms with Gasteiger partial charge in [0.15, 0.2) is 5.65 Å². The molecular weight excluding hydrogens is 356 g/mol. The topological polar surface area (TPSA) is 78.5 Å². The van der Waals surface area contributed by atoms with Gasteiger partial charge in [0.1, 0.15) is 5.82 Å². The molecule has 3 aromatic rings. The normalized spacial score (nSPS) is 10.8. The molecule has 0 saturated carbocycles. The van der Waals surface area contributed by atoms with Crippen LogP contribution in [0.5, 0.6) is 0 Å². The van der Waals surface area contributed by atoms with Gasteiger partial charge in [-0.3, -0.25) is 5.10 Å². The minimum absolute atomic E-state index is 0.532. The predicted molar refractivity (Wildman–Crippen MR) is 88.3 cm³/mol. The summed E-state index contributed by atoms with van der Waals surface area (Å²) in [7, 11) is 0. The Morgan fingerprint density at radius 2 is 2.19 bits per heavy atom. The molecule has 0 radical (unpaired) electrons. The number of nitrogens with zero attached hydrogens (tertiary/aromatic N) is 3. The number of H-pyrrole nitrogens is 1. The Morgan fingerprint density at radius 3 is 2.95 bits per heavy atom. The van der Waals surface area contributed by atoms with Crippen LogP contribution in [0.4, 0.5) is 17.5 Å². The first-order valence-electron chi connectivity index (χ1n) is 6.34. The van der Waals surface area contributed by atoms with Crippen LogP contribution in [0.3, 0.4) is 0 Å².